The molecule has 4 nitrogen and oxygen atoms in total. The van der Waals surface area contributed by atoms with E-state index < -0.39 is 11.8 Å². The zero-order chi connectivity index (χ0) is 17.6. The molecule has 0 unspecified atom stereocenters. The van der Waals surface area contributed by atoms with Crippen LogP contribution in [-0.4, -0.2) is 17.6 Å². The maximum atomic E-state index is 13.5. The van der Waals surface area contributed by atoms with E-state index >= 15 is 0 Å². The van der Waals surface area contributed by atoms with E-state index in [2.05, 4.69) is 10.9 Å². The standard InChI is InChI=1S/C19H15FN2O2S/c20-16-7-3-4-8-17(16)25-12-18(23)21-22-19(24)15-10-9-13-5-1-2-6-14(13)11-15/h1-11H,12H2,(H,21,23)(H,22,24). The van der Waals surface area contributed by atoms with Gasteiger partial charge in [-0.3, -0.25) is 20.4 Å². The van der Waals surface area contributed by atoms with Crippen LogP contribution in [0.25, 0.3) is 10.8 Å². The van der Waals surface area contributed by atoms with Crippen LogP contribution in [0.15, 0.2) is 71.6 Å². The summed E-state index contributed by atoms with van der Waals surface area (Å²) in [4.78, 5) is 24.3. The Labute approximate surface area is 148 Å². The number of halogens is 1. The molecule has 0 fully saturated rings. The molecule has 0 heterocycles. The largest absolute Gasteiger partial charge is 0.272 e. The first kappa shape index (κ1) is 17.0. The number of nitrogens with one attached hydrogen (secondary N) is 2. The Morgan fingerprint density at radius 3 is 2.40 bits per heavy atom. The molecule has 2 amide bonds. The van der Waals surface area contributed by atoms with Crippen molar-refractivity contribution < 1.29 is 14.0 Å². The second-order valence-electron chi connectivity index (χ2n) is 5.28. The summed E-state index contributed by atoms with van der Waals surface area (Å²) in [7, 11) is 0. The third-order valence-corrected chi connectivity index (χ3v) is 4.57. The van der Waals surface area contributed by atoms with Gasteiger partial charge in [0.05, 0.1) is 5.75 Å². The Morgan fingerprint density at radius 2 is 1.60 bits per heavy atom. The zero-order valence-electron chi connectivity index (χ0n) is 13.2. The molecule has 0 radical (unpaired) electrons. The molecule has 0 aliphatic rings. The molecule has 25 heavy (non-hydrogen) atoms. The van der Waals surface area contributed by atoms with Gasteiger partial charge >= 0.3 is 0 Å². The lowest BCUT2D eigenvalue weighted by Gasteiger charge is -2.08. The summed E-state index contributed by atoms with van der Waals surface area (Å²) in [6, 6.07) is 19.2. The maximum Gasteiger partial charge on any atom is 0.269 e. The fraction of sp³-hybridized carbons (Fsp3) is 0.0526. The molecule has 2 N–H and O–H groups in total. The van der Waals surface area contributed by atoms with Crippen molar-refractivity contribution in [1.82, 2.24) is 10.9 Å². The predicted octanol–water partition coefficient (Wildman–Crippen LogP) is 3.53. The van der Waals surface area contributed by atoms with Gasteiger partial charge in [-0.1, -0.05) is 42.5 Å². The molecule has 0 aliphatic heterocycles. The summed E-state index contributed by atoms with van der Waals surface area (Å²) in [5.41, 5.74) is 5.15. The first-order chi connectivity index (χ1) is 12.1. The van der Waals surface area contributed by atoms with Gasteiger partial charge in [0.1, 0.15) is 5.82 Å². The van der Waals surface area contributed by atoms with E-state index in [0.29, 0.717) is 10.5 Å². The maximum absolute atomic E-state index is 13.5. The van der Waals surface area contributed by atoms with Crippen LogP contribution < -0.4 is 10.9 Å². The van der Waals surface area contributed by atoms with Crippen LogP contribution in [0.2, 0.25) is 0 Å². The van der Waals surface area contributed by atoms with E-state index in [-0.39, 0.29) is 11.6 Å². The summed E-state index contributed by atoms with van der Waals surface area (Å²) < 4.78 is 13.5. The second kappa shape index (κ2) is 7.81. The highest BCUT2D eigenvalue weighted by Gasteiger charge is 2.09. The Balaban J connectivity index is 1.54. The van der Waals surface area contributed by atoms with Crippen molar-refractivity contribution in [3.05, 3.63) is 78.1 Å². The van der Waals surface area contributed by atoms with Crippen LogP contribution in [0.5, 0.6) is 0 Å². The van der Waals surface area contributed by atoms with E-state index in [1.54, 1.807) is 30.3 Å². The number of rotatable bonds is 4. The molecule has 0 saturated heterocycles. The second-order valence-corrected chi connectivity index (χ2v) is 6.30. The first-order valence-corrected chi connectivity index (χ1v) is 8.57. The predicted molar refractivity (Wildman–Crippen MR) is 96.7 cm³/mol. The molecule has 0 atom stereocenters. The fourth-order valence-corrected chi connectivity index (χ4v) is 3.01. The van der Waals surface area contributed by atoms with Crippen LogP contribution in [-0.2, 0) is 4.79 Å². The van der Waals surface area contributed by atoms with Gasteiger partial charge < -0.3 is 0 Å². The number of carbonyl (C=O) groups is 2. The van der Waals surface area contributed by atoms with Crippen LogP contribution in [0.3, 0.4) is 0 Å². The van der Waals surface area contributed by atoms with Crippen LogP contribution in [0.4, 0.5) is 4.39 Å². The molecule has 126 valence electrons. The van der Waals surface area contributed by atoms with Gasteiger partial charge in [0.25, 0.3) is 5.91 Å². The van der Waals surface area contributed by atoms with Crippen LogP contribution in [0.1, 0.15) is 10.4 Å². The number of benzene rings is 3. The monoisotopic (exact) mass is 354 g/mol. The highest BCUT2D eigenvalue weighted by Crippen LogP contribution is 2.20. The minimum atomic E-state index is -0.414. The van der Waals surface area contributed by atoms with Crippen molar-refractivity contribution in [2.75, 3.05) is 5.75 Å². The van der Waals surface area contributed by atoms with Gasteiger partial charge in [0.2, 0.25) is 5.91 Å². The van der Waals surface area contributed by atoms with Crippen LogP contribution >= 0.6 is 11.8 Å². The van der Waals surface area contributed by atoms with Crippen LogP contribution in [0, 0.1) is 5.82 Å². The van der Waals surface area contributed by atoms with E-state index in [1.807, 2.05) is 30.3 Å². The van der Waals surface area contributed by atoms with E-state index in [9.17, 15) is 14.0 Å². The van der Waals surface area contributed by atoms with Gasteiger partial charge in [-0.15, -0.1) is 11.8 Å². The average Bonchev–Trinajstić information content (AvgIpc) is 2.65. The van der Waals surface area contributed by atoms with Gasteiger partial charge in [-0.25, -0.2) is 4.39 Å². The number of carbonyl (C=O) groups excluding carboxylic acids is 2. The fourth-order valence-electron chi connectivity index (χ4n) is 2.27. The lowest BCUT2D eigenvalue weighted by Crippen LogP contribution is -2.42. The molecule has 6 heteroatoms. The summed E-state index contributed by atoms with van der Waals surface area (Å²) in [6.45, 7) is 0. The summed E-state index contributed by atoms with van der Waals surface area (Å²) in [6.07, 6.45) is 0. The van der Waals surface area contributed by atoms with Gasteiger partial charge in [0.15, 0.2) is 0 Å². The number of fused-ring (bicyclic) bond motifs is 1. The number of hydrazine groups is 1. The van der Waals surface area contributed by atoms with Gasteiger partial charge in [0, 0.05) is 10.5 Å². The average molecular weight is 354 g/mol. The van der Waals surface area contributed by atoms with Gasteiger partial charge in [-0.2, -0.15) is 0 Å². The van der Waals surface area contributed by atoms with Crippen molar-refractivity contribution in [1.29, 1.82) is 0 Å². The summed E-state index contributed by atoms with van der Waals surface area (Å²) in [5, 5.41) is 1.97. The summed E-state index contributed by atoms with van der Waals surface area (Å²) in [5.74, 6) is -1.20. The Bertz CT molecular complexity index is 930. The van der Waals surface area contributed by atoms with Crippen molar-refractivity contribution in [2.24, 2.45) is 0 Å². The minimum Gasteiger partial charge on any atom is -0.272 e. The zero-order valence-corrected chi connectivity index (χ0v) is 14.0. The molecule has 3 rings (SSSR count). The van der Waals surface area contributed by atoms with Crippen molar-refractivity contribution in [3.63, 3.8) is 0 Å². The van der Waals surface area contributed by atoms with E-state index in [1.165, 1.54) is 6.07 Å². The minimum absolute atomic E-state index is 0.00106. The summed E-state index contributed by atoms with van der Waals surface area (Å²) >= 11 is 1.07. The Kier molecular flexibility index (Phi) is 5.30. The molecule has 0 aliphatic carbocycles. The highest BCUT2D eigenvalue weighted by atomic mass is 32.2. The normalized spacial score (nSPS) is 10.4. The van der Waals surface area contributed by atoms with Crippen molar-refractivity contribution in [3.8, 4) is 0 Å². The van der Waals surface area contributed by atoms with E-state index in [0.717, 1.165) is 22.5 Å². The lowest BCUT2D eigenvalue weighted by molar-refractivity contribution is -0.119. The molecule has 3 aromatic carbocycles. The Hall–Kier alpha value is -2.86. The van der Waals surface area contributed by atoms with Crippen molar-refractivity contribution in [2.45, 2.75) is 4.90 Å². The molecule has 3 aromatic rings. The third kappa shape index (κ3) is 4.36. The molecular weight excluding hydrogens is 339 g/mol. The van der Waals surface area contributed by atoms with E-state index in [4.69, 9.17) is 0 Å². The molecule has 0 saturated carbocycles. The number of thioether (sulfide) groups is 1. The Morgan fingerprint density at radius 1 is 0.880 bits per heavy atom. The number of amides is 2. The van der Waals surface area contributed by atoms with Crippen molar-refractivity contribution >= 4 is 34.3 Å². The molecule has 0 spiro atoms. The van der Waals surface area contributed by atoms with Gasteiger partial charge in [-0.05, 0) is 35.0 Å². The smallest absolute Gasteiger partial charge is 0.269 e. The first-order valence-electron chi connectivity index (χ1n) is 7.59. The molecular formula is C19H15FN2O2S. The SMILES string of the molecule is O=C(CSc1ccccc1F)NNC(=O)c1ccc2ccccc2c1. The topological polar surface area (TPSA) is 58.2 Å². The molecule has 0 bridgehead atoms. The third-order valence-electron chi connectivity index (χ3n) is 3.52. The quantitative estimate of drug-likeness (QED) is 0.557. The molecule has 0 aromatic heterocycles. The number of hydrogen-bond acceptors (Lipinski definition) is 3. The lowest BCUT2D eigenvalue weighted by atomic mass is 10.1. The highest BCUT2D eigenvalue weighted by molar-refractivity contribution is 8.00. The number of hydrogen-bond donors (Lipinski definition) is 2.